The van der Waals surface area contributed by atoms with Crippen LogP contribution in [-0.4, -0.2) is 0 Å². The van der Waals surface area contributed by atoms with Gasteiger partial charge in [0.1, 0.15) is 0 Å². The van der Waals surface area contributed by atoms with E-state index in [2.05, 4.69) is 26.3 Å². The highest BCUT2D eigenvalue weighted by Gasteiger charge is 1.95. The van der Waals surface area contributed by atoms with Crippen LogP contribution in [0.25, 0.3) is 0 Å². The molecule has 0 aromatic rings. The molecule has 0 nitrogen and oxygen atoms in total. The lowest BCUT2D eigenvalue weighted by atomic mass is 10.4. The first-order valence-electron chi connectivity index (χ1n) is 3.50. The fraction of sp³-hybridized carbons (Fsp3) is 0.556. The molecule has 0 spiro atoms. The summed E-state index contributed by atoms with van der Waals surface area (Å²) < 4.78 is 0. The third-order valence-electron chi connectivity index (χ3n) is 1.25. The molecule has 0 aromatic carbocycles. The van der Waals surface area contributed by atoms with Crippen molar-refractivity contribution >= 4 is 0 Å². The molecule has 1 aliphatic rings. The molecule has 0 aromatic heterocycles. The molecule has 0 N–H and O–H groups in total. The molecule has 0 heteroatoms. The van der Waals surface area contributed by atoms with Crippen molar-refractivity contribution in [2.45, 2.75) is 32.1 Å². The Morgan fingerprint density at radius 3 is 0.667 bits per heavy atom. The number of rotatable bonds is 0. The maximum Gasteiger partial charge on any atom is -0.0533 e. The molecule has 1 fully saturated rings. The summed E-state index contributed by atoms with van der Waals surface area (Å²) in [6.07, 6.45) is 7.50. The van der Waals surface area contributed by atoms with Gasteiger partial charge < -0.3 is 0 Å². The monoisotopic (exact) mass is 126 g/mol. The van der Waals surface area contributed by atoms with Gasteiger partial charge in [0, 0.05) is 0 Å². The summed E-state index contributed by atoms with van der Waals surface area (Å²) in [4.78, 5) is 0. The highest BCUT2D eigenvalue weighted by atomic mass is 14.0. The zero-order valence-corrected chi connectivity index (χ0v) is 6.36. The van der Waals surface area contributed by atoms with E-state index < -0.39 is 0 Å². The van der Waals surface area contributed by atoms with Crippen molar-refractivity contribution in [3.8, 4) is 0 Å². The minimum Gasteiger partial charge on any atom is -0.106 e. The van der Waals surface area contributed by atoms with E-state index in [0.29, 0.717) is 0 Å². The largest absolute Gasteiger partial charge is 0.106 e. The molecule has 0 atom stereocenters. The lowest BCUT2D eigenvalue weighted by molar-refractivity contribution is 0.886. The van der Waals surface area contributed by atoms with Crippen LogP contribution < -0.4 is 0 Å². The first kappa shape index (κ1) is 11.3. The Bertz CT molecular complexity index is 25.7. The number of hydrogen-bond donors (Lipinski definition) is 0. The van der Waals surface area contributed by atoms with E-state index in [1.54, 1.807) is 0 Å². The maximum atomic E-state index is 3.00. The van der Waals surface area contributed by atoms with Gasteiger partial charge >= 0.3 is 0 Å². The van der Waals surface area contributed by atoms with Crippen molar-refractivity contribution in [2.75, 3.05) is 0 Å². The van der Waals surface area contributed by atoms with Crippen molar-refractivity contribution in [3.63, 3.8) is 0 Å². The normalized spacial score (nSPS) is 14.2. The molecule has 1 saturated carbocycles. The average Bonchev–Trinajstić information content (AvgIpc) is 2.51. The van der Waals surface area contributed by atoms with E-state index >= 15 is 0 Å². The van der Waals surface area contributed by atoms with E-state index in [-0.39, 0.29) is 0 Å². The van der Waals surface area contributed by atoms with Crippen LogP contribution in [0.15, 0.2) is 26.3 Å². The SMILES string of the molecule is C1CCCC1.C=C.C=C. The lowest BCUT2D eigenvalue weighted by Gasteiger charge is -1.67. The average molecular weight is 126 g/mol. The summed E-state index contributed by atoms with van der Waals surface area (Å²) in [7, 11) is 0. The molecular weight excluding hydrogens is 108 g/mol. The van der Waals surface area contributed by atoms with Gasteiger partial charge in [-0.3, -0.25) is 0 Å². The zero-order chi connectivity index (χ0) is 7.54. The molecule has 9 heavy (non-hydrogen) atoms. The van der Waals surface area contributed by atoms with Gasteiger partial charge in [0.05, 0.1) is 0 Å². The van der Waals surface area contributed by atoms with E-state index in [4.69, 9.17) is 0 Å². The second kappa shape index (κ2) is 15.6. The summed E-state index contributed by atoms with van der Waals surface area (Å²) in [6, 6.07) is 0. The van der Waals surface area contributed by atoms with Gasteiger partial charge in [0.25, 0.3) is 0 Å². The molecule has 0 aliphatic heterocycles. The molecular formula is C9H18. The van der Waals surface area contributed by atoms with Crippen LogP contribution in [0.1, 0.15) is 32.1 Å². The second-order valence-electron chi connectivity index (χ2n) is 1.77. The Morgan fingerprint density at radius 1 is 0.444 bits per heavy atom. The third kappa shape index (κ3) is 11.2. The van der Waals surface area contributed by atoms with Crippen LogP contribution in [0.3, 0.4) is 0 Å². The quantitative estimate of drug-likeness (QED) is 0.435. The molecule has 0 heterocycles. The summed E-state index contributed by atoms with van der Waals surface area (Å²) in [6.45, 7) is 12.0. The second-order valence-corrected chi connectivity index (χ2v) is 1.77. The fourth-order valence-corrected chi connectivity index (χ4v) is 0.884. The van der Waals surface area contributed by atoms with Crippen LogP contribution in [-0.2, 0) is 0 Å². The van der Waals surface area contributed by atoms with E-state index in [1.807, 2.05) is 0 Å². The molecule has 1 rings (SSSR count). The molecule has 0 amide bonds. The summed E-state index contributed by atoms with van der Waals surface area (Å²) >= 11 is 0. The minimum absolute atomic E-state index is 1.50. The van der Waals surface area contributed by atoms with Gasteiger partial charge in [0.15, 0.2) is 0 Å². The number of hydrogen-bond acceptors (Lipinski definition) is 0. The van der Waals surface area contributed by atoms with Crippen LogP contribution in [0.5, 0.6) is 0 Å². The van der Waals surface area contributed by atoms with Gasteiger partial charge in [-0.1, -0.05) is 32.1 Å². The first-order valence-corrected chi connectivity index (χ1v) is 3.50. The van der Waals surface area contributed by atoms with Gasteiger partial charge in [0.2, 0.25) is 0 Å². The first-order chi connectivity index (χ1) is 4.50. The van der Waals surface area contributed by atoms with Gasteiger partial charge in [-0.2, -0.15) is 0 Å². The van der Waals surface area contributed by atoms with Crippen LogP contribution in [0, 0.1) is 0 Å². The van der Waals surface area contributed by atoms with Gasteiger partial charge in [-0.25, -0.2) is 0 Å². The Hall–Kier alpha value is -0.520. The molecule has 0 radical (unpaired) electrons. The van der Waals surface area contributed by atoms with Gasteiger partial charge in [-0.05, 0) is 0 Å². The van der Waals surface area contributed by atoms with Crippen LogP contribution in [0.2, 0.25) is 0 Å². The summed E-state index contributed by atoms with van der Waals surface area (Å²) in [5.74, 6) is 0. The van der Waals surface area contributed by atoms with Crippen molar-refractivity contribution in [2.24, 2.45) is 0 Å². The predicted molar refractivity (Wildman–Crippen MR) is 45.6 cm³/mol. The molecule has 0 saturated heterocycles. The molecule has 1 aliphatic carbocycles. The Balaban J connectivity index is 0. The van der Waals surface area contributed by atoms with E-state index in [0.717, 1.165) is 0 Å². The predicted octanol–water partition coefficient (Wildman–Crippen LogP) is 3.55. The fourth-order valence-electron chi connectivity index (χ4n) is 0.884. The van der Waals surface area contributed by atoms with Crippen molar-refractivity contribution in [3.05, 3.63) is 26.3 Å². The summed E-state index contributed by atoms with van der Waals surface area (Å²) in [5, 5.41) is 0. The van der Waals surface area contributed by atoms with Crippen molar-refractivity contribution in [1.29, 1.82) is 0 Å². The van der Waals surface area contributed by atoms with E-state index in [9.17, 15) is 0 Å². The zero-order valence-electron chi connectivity index (χ0n) is 6.36. The van der Waals surface area contributed by atoms with Crippen molar-refractivity contribution in [1.82, 2.24) is 0 Å². The smallest absolute Gasteiger partial charge is 0.0533 e. The minimum atomic E-state index is 1.50. The Labute approximate surface area is 59.3 Å². The topological polar surface area (TPSA) is 0 Å². The Kier molecular flexibility index (Phi) is 19.6. The molecule has 0 unspecified atom stereocenters. The summed E-state index contributed by atoms with van der Waals surface area (Å²) in [5.41, 5.74) is 0. The van der Waals surface area contributed by atoms with Crippen LogP contribution in [0.4, 0.5) is 0 Å². The Morgan fingerprint density at radius 2 is 0.556 bits per heavy atom. The molecule has 0 bridgehead atoms. The van der Waals surface area contributed by atoms with Crippen molar-refractivity contribution < 1.29 is 0 Å². The van der Waals surface area contributed by atoms with E-state index in [1.165, 1.54) is 32.1 Å². The lowest BCUT2D eigenvalue weighted by Crippen LogP contribution is -1.47. The molecule has 54 valence electrons. The maximum absolute atomic E-state index is 3.00. The third-order valence-corrected chi connectivity index (χ3v) is 1.25. The highest BCUT2D eigenvalue weighted by molar-refractivity contribution is 4.51. The standard InChI is InChI=1S/C5H10.2C2H4/c1-2-4-5-3-1;2*1-2/h1-5H2;2*1-2H2. The van der Waals surface area contributed by atoms with Crippen LogP contribution >= 0.6 is 0 Å². The van der Waals surface area contributed by atoms with Gasteiger partial charge in [-0.15, -0.1) is 26.3 Å². The highest BCUT2D eigenvalue weighted by Crippen LogP contribution is 2.15.